The Bertz CT molecular complexity index is 738. The first-order chi connectivity index (χ1) is 12.3. The molecule has 7 nitrogen and oxygen atoms in total. The van der Waals surface area contributed by atoms with Gasteiger partial charge in [-0.15, -0.1) is 0 Å². The number of esters is 1. The highest BCUT2D eigenvalue weighted by molar-refractivity contribution is 14.1. The van der Waals surface area contributed by atoms with E-state index in [4.69, 9.17) is 14.2 Å². The number of hydrogen-bond acceptors (Lipinski definition) is 6. The standard InChI is InChI=1S/C18H21IN2O5/c1-5-24-15-9-12(7-13(10-20)18(23)21(3)4)8-14(19)17(15)26-11-16(22)25-6-2/h7-9H,5-6,11H2,1-4H3/b13-7-. The third-order valence-corrected chi connectivity index (χ3v) is 3.84. The molecule has 0 bridgehead atoms. The first-order valence-electron chi connectivity index (χ1n) is 7.92. The molecule has 0 aliphatic rings. The lowest BCUT2D eigenvalue weighted by atomic mass is 10.1. The van der Waals surface area contributed by atoms with Crippen molar-refractivity contribution in [2.45, 2.75) is 13.8 Å². The van der Waals surface area contributed by atoms with Crippen molar-refractivity contribution in [1.29, 1.82) is 5.26 Å². The molecule has 0 N–H and O–H groups in total. The number of hydrogen-bond donors (Lipinski definition) is 0. The zero-order valence-electron chi connectivity index (χ0n) is 15.2. The van der Waals surface area contributed by atoms with E-state index in [1.807, 2.05) is 35.6 Å². The van der Waals surface area contributed by atoms with E-state index in [0.717, 1.165) is 0 Å². The van der Waals surface area contributed by atoms with Crippen LogP contribution in [0.5, 0.6) is 11.5 Å². The molecule has 1 rings (SSSR count). The Labute approximate surface area is 166 Å². The molecule has 0 aliphatic heterocycles. The Morgan fingerprint density at radius 3 is 2.46 bits per heavy atom. The lowest BCUT2D eigenvalue weighted by Gasteiger charge is -2.14. The summed E-state index contributed by atoms with van der Waals surface area (Å²) < 4.78 is 16.7. The minimum absolute atomic E-state index is 0.00782. The van der Waals surface area contributed by atoms with Crippen molar-refractivity contribution in [3.8, 4) is 17.6 Å². The van der Waals surface area contributed by atoms with Crippen LogP contribution in [-0.4, -0.2) is 50.7 Å². The zero-order chi connectivity index (χ0) is 19.7. The quantitative estimate of drug-likeness (QED) is 0.250. The maximum Gasteiger partial charge on any atom is 0.344 e. The molecule has 140 valence electrons. The predicted octanol–water partition coefficient (Wildman–Crippen LogP) is 2.63. The fourth-order valence-electron chi connectivity index (χ4n) is 1.96. The number of likely N-dealkylation sites (N-methyl/N-ethyl adjacent to an activating group) is 1. The van der Waals surface area contributed by atoms with E-state index >= 15 is 0 Å². The van der Waals surface area contributed by atoms with E-state index in [0.29, 0.717) is 27.2 Å². The predicted molar refractivity (Wildman–Crippen MR) is 105 cm³/mol. The second-order valence-electron chi connectivity index (χ2n) is 5.23. The van der Waals surface area contributed by atoms with Gasteiger partial charge < -0.3 is 19.1 Å². The van der Waals surface area contributed by atoms with Gasteiger partial charge in [-0.3, -0.25) is 4.79 Å². The Kier molecular flexibility index (Phi) is 8.92. The van der Waals surface area contributed by atoms with Crippen LogP contribution in [0.4, 0.5) is 0 Å². The van der Waals surface area contributed by atoms with Gasteiger partial charge in [-0.25, -0.2) is 4.79 Å². The van der Waals surface area contributed by atoms with E-state index in [9.17, 15) is 14.9 Å². The van der Waals surface area contributed by atoms with Crippen LogP contribution in [0.2, 0.25) is 0 Å². The lowest BCUT2D eigenvalue weighted by molar-refractivity contribution is -0.145. The molecule has 0 unspecified atom stereocenters. The van der Waals surface area contributed by atoms with E-state index in [1.165, 1.54) is 11.0 Å². The molecule has 0 spiro atoms. The van der Waals surface area contributed by atoms with Crippen molar-refractivity contribution < 1.29 is 23.8 Å². The number of nitrogens with zero attached hydrogens (tertiary/aromatic N) is 2. The van der Waals surface area contributed by atoms with Crippen LogP contribution < -0.4 is 9.47 Å². The van der Waals surface area contributed by atoms with Gasteiger partial charge in [0.15, 0.2) is 18.1 Å². The molecule has 0 radical (unpaired) electrons. The molecule has 0 atom stereocenters. The fraction of sp³-hybridized carbons (Fsp3) is 0.389. The minimum Gasteiger partial charge on any atom is -0.490 e. The van der Waals surface area contributed by atoms with Crippen molar-refractivity contribution in [2.75, 3.05) is 33.9 Å². The van der Waals surface area contributed by atoms with Gasteiger partial charge in [-0.1, -0.05) is 0 Å². The van der Waals surface area contributed by atoms with E-state index in [-0.39, 0.29) is 24.7 Å². The summed E-state index contributed by atoms with van der Waals surface area (Å²) in [5.41, 5.74) is 0.626. The normalized spacial score (nSPS) is 10.7. The molecule has 0 aliphatic carbocycles. The van der Waals surface area contributed by atoms with Crippen LogP contribution in [-0.2, 0) is 14.3 Å². The number of carbonyl (C=O) groups is 2. The molecular formula is C18H21IN2O5. The number of nitriles is 1. The van der Waals surface area contributed by atoms with Gasteiger partial charge in [-0.05, 0) is 60.2 Å². The highest BCUT2D eigenvalue weighted by Gasteiger charge is 2.16. The molecule has 0 aromatic heterocycles. The fourth-order valence-corrected chi connectivity index (χ4v) is 2.74. The number of rotatable bonds is 8. The Hall–Kier alpha value is -2.28. The van der Waals surface area contributed by atoms with Crippen molar-refractivity contribution in [3.63, 3.8) is 0 Å². The molecule has 8 heteroatoms. The van der Waals surface area contributed by atoms with E-state index in [2.05, 4.69) is 0 Å². The summed E-state index contributed by atoms with van der Waals surface area (Å²) in [6, 6.07) is 5.30. The highest BCUT2D eigenvalue weighted by atomic mass is 127. The van der Waals surface area contributed by atoms with Gasteiger partial charge in [0.1, 0.15) is 11.6 Å². The van der Waals surface area contributed by atoms with Crippen LogP contribution in [0.25, 0.3) is 6.08 Å². The Morgan fingerprint density at radius 1 is 1.23 bits per heavy atom. The number of amides is 1. The smallest absolute Gasteiger partial charge is 0.344 e. The average molecular weight is 472 g/mol. The summed E-state index contributed by atoms with van der Waals surface area (Å²) >= 11 is 2.04. The number of benzene rings is 1. The summed E-state index contributed by atoms with van der Waals surface area (Å²) in [4.78, 5) is 24.8. The maximum absolute atomic E-state index is 12.0. The van der Waals surface area contributed by atoms with Crippen molar-refractivity contribution in [1.82, 2.24) is 4.90 Å². The van der Waals surface area contributed by atoms with Crippen molar-refractivity contribution >= 4 is 40.5 Å². The van der Waals surface area contributed by atoms with E-state index < -0.39 is 5.97 Å². The number of ether oxygens (including phenoxy) is 3. The second-order valence-corrected chi connectivity index (χ2v) is 6.39. The molecule has 0 saturated heterocycles. The molecule has 0 saturated carbocycles. The van der Waals surface area contributed by atoms with Crippen LogP contribution in [0.1, 0.15) is 19.4 Å². The van der Waals surface area contributed by atoms with E-state index in [1.54, 1.807) is 33.2 Å². The molecule has 0 fully saturated rings. The highest BCUT2D eigenvalue weighted by Crippen LogP contribution is 2.35. The zero-order valence-corrected chi connectivity index (χ0v) is 17.3. The monoisotopic (exact) mass is 472 g/mol. The second kappa shape index (κ2) is 10.7. The molecule has 1 aromatic rings. The summed E-state index contributed by atoms with van der Waals surface area (Å²) in [6.45, 7) is 3.97. The van der Waals surface area contributed by atoms with Gasteiger partial charge in [0.2, 0.25) is 0 Å². The maximum atomic E-state index is 12.0. The molecule has 1 aromatic carbocycles. The summed E-state index contributed by atoms with van der Waals surface area (Å²) in [5.74, 6) is -0.0270. The summed E-state index contributed by atoms with van der Waals surface area (Å²) in [7, 11) is 3.16. The third kappa shape index (κ3) is 6.22. The van der Waals surface area contributed by atoms with Crippen molar-refractivity contribution in [3.05, 3.63) is 26.8 Å². The first kappa shape index (κ1) is 21.8. The van der Waals surface area contributed by atoms with Gasteiger partial charge in [0, 0.05) is 14.1 Å². The largest absolute Gasteiger partial charge is 0.490 e. The van der Waals surface area contributed by atoms with Crippen LogP contribution in [0, 0.1) is 14.9 Å². The third-order valence-electron chi connectivity index (χ3n) is 3.04. The Balaban J connectivity index is 3.20. The Morgan fingerprint density at radius 2 is 1.92 bits per heavy atom. The molecular weight excluding hydrogens is 451 g/mol. The van der Waals surface area contributed by atoms with Gasteiger partial charge in [-0.2, -0.15) is 5.26 Å². The lowest BCUT2D eigenvalue weighted by Crippen LogP contribution is -2.22. The SMILES string of the molecule is CCOC(=O)COc1c(I)cc(/C=C(/C#N)C(=O)N(C)C)cc1OCC. The molecule has 0 heterocycles. The summed E-state index contributed by atoms with van der Waals surface area (Å²) in [5, 5.41) is 9.22. The summed E-state index contributed by atoms with van der Waals surface area (Å²) in [6.07, 6.45) is 1.49. The molecule has 1 amide bonds. The van der Waals surface area contributed by atoms with Crippen LogP contribution in [0.3, 0.4) is 0 Å². The van der Waals surface area contributed by atoms with Gasteiger partial charge in [0.05, 0.1) is 16.8 Å². The first-order valence-corrected chi connectivity index (χ1v) is 9.00. The van der Waals surface area contributed by atoms with Gasteiger partial charge in [0.25, 0.3) is 5.91 Å². The minimum atomic E-state index is -0.474. The van der Waals surface area contributed by atoms with Gasteiger partial charge >= 0.3 is 5.97 Å². The van der Waals surface area contributed by atoms with Crippen LogP contribution in [0.15, 0.2) is 17.7 Å². The average Bonchev–Trinajstić information content (AvgIpc) is 2.58. The topological polar surface area (TPSA) is 88.9 Å². The number of carbonyl (C=O) groups excluding carboxylic acids is 2. The molecule has 26 heavy (non-hydrogen) atoms. The van der Waals surface area contributed by atoms with Crippen molar-refractivity contribution in [2.24, 2.45) is 0 Å². The number of halogens is 1. The van der Waals surface area contributed by atoms with Crippen LogP contribution >= 0.6 is 22.6 Å².